The van der Waals surface area contributed by atoms with E-state index in [2.05, 4.69) is 32.7 Å². The highest BCUT2D eigenvalue weighted by atomic mass is 32.2. The van der Waals surface area contributed by atoms with E-state index in [0.29, 0.717) is 19.0 Å². The number of aromatic nitrogens is 2. The second-order valence-corrected chi connectivity index (χ2v) is 12.6. The Balaban J connectivity index is 1.81. The van der Waals surface area contributed by atoms with Crippen LogP contribution in [0, 0.1) is 17.7 Å². The molecule has 0 radical (unpaired) electrons. The minimum absolute atomic E-state index is 0.00154. The molecule has 9 nitrogen and oxygen atoms in total. The van der Waals surface area contributed by atoms with Crippen molar-refractivity contribution in [2.24, 2.45) is 11.8 Å². The summed E-state index contributed by atoms with van der Waals surface area (Å²) in [5, 5.41) is -0.398. The van der Waals surface area contributed by atoms with Gasteiger partial charge < -0.3 is 15.5 Å². The van der Waals surface area contributed by atoms with Gasteiger partial charge in [-0.1, -0.05) is 19.9 Å². The molecule has 2 aliphatic rings. The molecule has 2 fully saturated rings. The maximum Gasteiger partial charge on any atom is 0.281 e. The van der Waals surface area contributed by atoms with Gasteiger partial charge in [-0.05, 0) is 70.6 Å². The number of anilines is 3. The molecule has 4 heterocycles. The molecule has 36 heavy (non-hydrogen) atoms. The van der Waals surface area contributed by atoms with Crippen LogP contribution in [0.15, 0.2) is 29.3 Å². The van der Waals surface area contributed by atoms with Crippen LogP contribution in [0.3, 0.4) is 0 Å². The Morgan fingerprint density at radius 2 is 1.58 bits per heavy atom. The molecule has 3 N–H and O–H groups in total. The van der Waals surface area contributed by atoms with Crippen LogP contribution in [0.5, 0.6) is 0 Å². The van der Waals surface area contributed by atoms with Gasteiger partial charge in [-0.3, -0.25) is 4.79 Å². The zero-order valence-corrected chi connectivity index (χ0v) is 22.5. The van der Waals surface area contributed by atoms with E-state index in [0.717, 1.165) is 18.9 Å². The van der Waals surface area contributed by atoms with Crippen molar-refractivity contribution >= 4 is 33.4 Å². The fraction of sp³-hybridized carbons (Fsp3) is 0.560. The van der Waals surface area contributed by atoms with Crippen LogP contribution in [0.1, 0.15) is 64.7 Å². The number of nitrogen functional groups attached to an aromatic ring is 1. The van der Waals surface area contributed by atoms with Crippen LogP contribution in [0.25, 0.3) is 0 Å². The summed E-state index contributed by atoms with van der Waals surface area (Å²) in [5.74, 6) is -0.599. The van der Waals surface area contributed by atoms with Crippen molar-refractivity contribution in [2.45, 2.75) is 70.5 Å². The van der Waals surface area contributed by atoms with Crippen LogP contribution in [-0.4, -0.2) is 48.5 Å². The highest BCUT2D eigenvalue weighted by molar-refractivity contribution is 7.90. The Hall–Kier alpha value is -2.95. The van der Waals surface area contributed by atoms with Gasteiger partial charge in [0, 0.05) is 24.2 Å². The second-order valence-electron chi connectivity index (χ2n) is 11.0. The van der Waals surface area contributed by atoms with Crippen LogP contribution in [0.2, 0.25) is 0 Å². The summed E-state index contributed by atoms with van der Waals surface area (Å²) in [4.78, 5) is 25.8. The van der Waals surface area contributed by atoms with Crippen molar-refractivity contribution in [3.63, 3.8) is 0 Å². The predicted molar refractivity (Wildman–Crippen MR) is 138 cm³/mol. The van der Waals surface area contributed by atoms with Gasteiger partial charge in [-0.15, -0.1) is 0 Å². The molecule has 4 rings (SSSR count). The molecule has 0 spiro atoms. The normalized spacial score (nSPS) is 23.2. The Labute approximate surface area is 212 Å². The first-order chi connectivity index (χ1) is 16.7. The molecule has 2 aromatic heterocycles. The first kappa shape index (κ1) is 26.1. The molecule has 1 amide bonds. The lowest BCUT2D eigenvalue weighted by Crippen LogP contribution is -2.45. The number of nitrogens with one attached hydrogen (secondary N) is 1. The molecule has 2 atom stereocenters. The SMILES string of the molecule is CC1CCN(c2nc(N3CCC(C)C3(C)C)c(C(=O)NS(=O)(=O)c3cccc(N)n3)cc2F)C1(C)C. The largest absolute Gasteiger partial charge is 0.384 e. The van der Waals surface area contributed by atoms with Gasteiger partial charge in [0.05, 0.1) is 5.56 Å². The van der Waals surface area contributed by atoms with Crippen molar-refractivity contribution in [3.8, 4) is 0 Å². The topological polar surface area (TPSA) is 122 Å². The van der Waals surface area contributed by atoms with E-state index in [1.807, 2.05) is 28.4 Å². The van der Waals surface area contributed by atoms with Gasteiger partial charge in [-0.25, -0.2) is 19.1 Å². The Morgan fingerprint density at radius 1 is 1.03 bits per heavy atom. The van der Waals surface area contributed by atoms with E-state index in [4.69, 9.17) is 10.7 Å². The minimum Gasteiger partial charge on any atom is -0.384 e. The number of carbonyl (C=O) groups excluding carboxylic acids is 1. The Morgan fingerprint density at radius 3 is 2.08 bits per heavy atom. The first-order valence-electron chi connectivity index (χ1n) is 12.2. The highest BCUT2D eigenvalue weighted by Gasteiger charge is 2.44. The quantitative estimate of drug-likeness (QED) is 0.616. The van der Waals surface area contributed by atoms with Crippen LogP contribution < -0.4 is 20.3 Å². The lowest BCUT2D eigenvalue weighted by molar-refractivity contribution is 0.0981. The molecular formula is C25H35FN6O3S. The molecule has 2 saturated heterocycles. The summed E-state index contributed by atoms with van der Waals surface area (Å²) >= 11 is 0. The summed E-state index contributed by atoms with van der Waals surface area (Å²) in [6.45, 7) is 13.7. The van der Waals surface area contributed by atoms with Crippen LogP contribution in [-0.2, 0) is 10.0 Å². The number of sulfonamides is 1. The smallest absolute Gasteiger partial charge is 0.281 e. The van der Waals surface area contributed by atoms with E-state index in [9.17, 15) is 13.2 Å². The van der Waals surface area contributed by atoms with Crippen molar-refractivity contribution in [1.82, 2.24) is 14.7 Å². The predicted octanol–water partition coefficient (Wildman–Crippen LogP) is 3.57. The third kappa shape index (κ3) is 4.38. The van der Waals surface area contributed by atoms with Gasteiger partial charge in [0.1, 0.15) is 11.6 Å². The average molecular weight is 519 g/mol. The lowest BCUT2D eigenvalue weighted by atomic mass is 9.90. The summed E-state index contributed by atoms with van der Waals surface area (Å²) in [5.41, 5.74) is 4.77. The number of hydrogen-bond donors (Lipinski definition) is 2. The zero-order valence-electron chi connectivity index (χ0n) is 21.7. The number of nitrogens with two attached hydrogens (primary N) is 1. The van der Waals surface area contributed by atoms with E-state index in [-0.39, 0.29) is 40.0 Å². The number of pyridine rings is 2. The van der Waals surface area contributed by atoms with Crippen molar-refractivity contribution < 1.29 is 17.6 Å². The molecule has 0 aromatic carbocycles. The van der Waals surface area contributed by atoms with Crippen LogP contribution >= 0.6 is 0 Å². The summed E-state index contributed by atoms with van der Waals surface area (Å²) in [6.07, 6.45) is 1.75. The summed E-state index contributed by atoms with van der Waals surface area (Å²) in [6, 6.07) is 5.20. The minimum atomic E-state index is -4.34. The maximum atomic E-state index is 15.6. The summed E-state index contributed by atoms with van der Waals surface area (Å²) in [7, 11) is -4.34. The van der Waals surface area contributed by atoms with Crippen molar-refractivity contribution in [1.29, 1.82) is 0 Å². The van der Waals surface area contributed by atoms with E-state index >= 15 is 4.39 Å². The van der Waals surface area contributed by atoms with Crippen molar-refractivity contribution in [3.05, 3.63) is 35.6 Å². The fourth-order valence-corrected chi connectivity index (χ4v) is 6.00. The Bertz CT molecular complexity index is 1300. The third-order valence-corrected chi connectivity index (χ3v) is 9.55. The van der Waals surface area contributed by atoms with E-state index in [1.54, 1.807) is 0 Å². The monoisotopic (exact) mass is 518 g/mol. The number of carbonyl (C=O) groups is 1. The molecule has 0 aliphatic carbocycles. The summed E-state index contributed by atoms with van der Waals surface area (Å²) < 4.78 is 43.4. The van der Waals surface area contributed by atoms with E-state index < -0.39 is 26.8 Å². The van der Waals surface area contributed by atoms with Gasteiger partial charge >= 0.3 is 0 Å². The molecule has 0 bridgehead atoms. The van der Waals surface area contributed by atoms with Crippen LogP contribution in [0.4, 0.5) is 21.8 Å². The second kappa shape index (κ2) is 8.86. The third-order valence-electron chi connectivity index (χ3n) is 8.32. The average Bonchev–Trinajstić information content (AvgIpc) is 3.21. The number of rotatable bonds is 5. The number of amides is 1. The molecule has 2 unspecified atom stereocenters. The van der Waals surface area contributed by atoms with Gasteiger partial charge in [0.25, 0.3) is 15.9 Å². The number of halogens is 1. The van der Waals surface area contributed by atoms with Gasteiger partial charge in [0.2, 0.25) is 0 Å². The standard InChI is InChI=1S/C25H35FN6O3S/c1-15-10-12-31(24(15,3)4)21-17(23(33)30-36(34,35)20-9-7-8-19(27)28-20)14-18(26)22(29-21)32-13-11-16(2)25(32,5)6/h7-9,14-16H,10-13H2,1-6H3,(H2,27,28)(H,30,33). The molecule has 0 saturated carbocycles. The Kier molecular flexibility index (Phi) is 6.43. The van der Waals surface area contributed by atoms with E-state index in [1.165, 1.54) is 18.2 Å². The lowest BCUT2D eigenvalue weighted by Gasteiger charge is -2.39. The molecule has 2 aliphatic heterocycles. The number of nitrogens with zero attached hydrogens (tertiary/aromatic N) is 4. The van der Waals surface area contributed by atoms with Gasteiger partial charge in [0.15, 0.2) is 16.7 Å². The zero-order chi connectivity index (χ0) is 26.6. The molecule has 2 aromatic rings. The maximum absolute atomic E-state index is 15.6. The fourth-order valence-electron chi connectivity index (χ4n) is 5.06. The molecule has 196 valence electrons. The molecule has 11 heteroatoms. The van der Waals surface area contributed by atoms with Gasteiger partial charge in [-0.2, -0.15) is 8.42 Å². The number of hydrogen-bond acceptors (Lipinski definition) is 8. The first-order valence-corrected chi connectivity index (χ1v) is 13.7. The highest BCUT2D eigenvalue weighted by Crippen LogP contribution is 2.42. The van der Waals surface area contributed by atoms with Crippen molar-refractivity contribution in [2.75, 3.05) is 28.6 Å². The molecular weight excluding hydrogens is 483 g/mol.